The summed E-state index contributed by atoms with van der Waals surface area (Å²) in [4.78, 5) is 12.2. The molecule has 0 aliphatic heterocycles. The second-order valence-corrected chi connectivity index (χ2v) is 6.07. The van der Waals surface area contributed by atoms with Crippen molar-refractivity contribution < 1.29 is 13.9 Å². The Morgan fingerprint density at radius 2 is 1.83 bits per heavy atom. The molecule has 0 spiro atoms. The van der Waals surface area contributed by atoms with Crippen molar-refractivity contribution in [3.8, 4) is 5.75 Å². The quantitative estimate of drug-likeness (QED) is 0.612. The van der Waals surface area contributed by atoms with E-state index in [4.69, 9.17) is 27.9 Å². The minimum Gasteiger partial charge on any atom is -0.490 e. The van der Waals surface area contributed by atoms with Gasteiger partial charge in [-0.3, -0.25) is 4.79 Å². The van der Waals surface area contributed by atoms with Crippen LogP contribution in [0.5, 0.6) is 5.75 Å². The molecule has 1 amide bonds. The van der Waals surface area contributed by atoms with Crippen LogP contribution in [0.15, 0.2) is 36.4 Å². The average Bonchev–Trinajstić information content (AvgIpc) is 2.55. The normalized spacial score (nSPS) is 10.5. The fourth-order valence-electron chi connectivity index (χ4n) is 2.11. The molecule has 6 heteroatoms. The number of benzene rings is 2. The number of hydrogen-bond donors (Lipinski definition) is 1. The van der Waals surface area contributed by atoms with Gasteiger partial charge >= 0.3 is 0 Å². The lowest BCUT2D eigenvalue weighted by Crippen LogP contribution is -2.13. The Balaban J connectivity index is 2.11. The highest BCUT2D eigenvalue weighted by Crippen LogP contribution is 2.34. The summed E-state index contributed by atoms with van der Waals surface area (Å²) >= 11 is 12.3. The van der Waals surface area contributed by atoms with Gasteiger partial charge in [0.1, 0.15) is 5.82 Å². The molecule has 0 heterocycles. The molecular weight excluding hydrogens is 352 g/mol. The van der Waals surface area contributed by atoms with Crippen LogP contribution in [0, 0.1) is 5.82 Å². The van der Waals surface area contributed by atoms with Crippen LogP contribution in [0.1, 0.15) is 36.5 Å². The van der Waals surface area contributed by atoms with Crippen molar-refractivity contribution in [2.24, 2.45) is 0 Å². The fraction of sp³-hybridized carbons (Fsp3) is 0.278. The Kier molecular flexibility index (Phi) is 6.88. The Morgan fingerprint density at radius 1 is 1.17 bits per heavy atom. The van der Waals surface area contributed by atoms with Crippen LogP contribution in [0.3, 0.4) is 0 Å². The van der Waals surface area contributed by atoms with E-state index in [1.807, 2.05) is 0 Å². The number of carbonyl (C=O) groups excluding carboxylic acids is 1. The minimum atomic E-state index is -0.515. The van der Waals surface area contributed by atoms with Gasteiger partial charge in [0.15, 0.2) is 5.75 Å². The highest BCUT2D eigenvalue weighted by atomic mass is 35.5. The number of nitrogens with one attached hydrogen (secondary N) is 1. The van der Waals surface area contributed by atoms with Gasteiger partial charge in [0.05, 0.1) is 22.3 Å². The Hall–Kier alpha value is -1.78. The van der Waals surface area contributed by atoms with Gasteiger partial charge in [0.25, 0.3) is 5.91 Å². The van der Waals surface area contributed by atoms with Crippen LogP contribution >= 0.6 is 23.2 Å². The Bertz CT molecular complexity index is 699. The molecule has 2 rings (SSSR count). The number of para-hydroxylation sites is 1. The predicted molar refractivity (Wildman–Crippen MR) is 95.8 cm³/mol. The number of hydrogen-bond acceptors (Lipinski definition) is 2. The van der Waals surface area contributed by atoms with E-state index in [1.165, 1.54) is 24.3 Å². The van der Waals surface area contributed by atoms with Crippen LogP contribution < -0.4 is 10.1 Å². The molecule has 2 aromatic carbocycles. The molecule has 0 unspecified atom stereocenters. The summed E-state index contributed by atoms with van der Waals surface area (Å²) in [5.74, 6) is -0.655. The van der Waals surface area contributed by atoms with Crippen LogP contribution in [0.2, 0.25) is 10.0 Å². The van der Waals surface area contributed by atoms with E-state index in [9.17, 15) is 9.18 Å². The second-order valence-electron chi connectivity index (χ2n) is 5.26. The molecule has 24 heavy (non-hydrogen) atoms. The lowest BCUT2D eigenvalue weighted by Gasteiger charge is -2.12. The van der Waals surface area contributed by atoms with Crippen LogP contribution in [0.25, 0.3) is 0 Å². The van der Waals surface area contributed by atoms with Gasteiger partial charge in [-0.25, -0.2) is 4.39 Å². The number of rotatable bonds is 7. The summed E-state index contributed by atoms with van der Waals surface area (Å²) < 4.78 is 19.2. The summed E-state index contributed by atoms with van der Waals surface area (Å²) in [5.41, 5.74) is 0.323. The first-order valence-electron chi connectivity index (χ1n) is 7.70. The summed E-state index contributed by atoms with van der Waals surface area (Å²) in [5, 5.41) is 2.98. The smallest absolute Gasteiger partial charge is 0.255 e. The summed E-state index contributed by atoms with van der Waals surface area (Å²) in [7, 11) is 0. The largest absolute Gasteiger partial charge is 0.490 e. The first-order valence-corrected chi connectivity index (χ1v) is 8.46. The summed E-state index contributed by atoms with van der Waals surface area (Å²) in [6.07, 6.45) is 3.04. The Morgan fingerprint density at radius 3 is 2.46 bits per heavy atom. The number of amides is 1. The van der Waals surface area contributed by atoms with Gasteiger partial charge in [0, 0.05) is 5.56 Å². The number of anilines is 1. The molecule has 0 atom stereocenters. The van der Waals surface area contributed by atoms with E-state index < -0.39 is 11.7 Å². The van der Waals surface area contributed by atoms with Gasteiger partial charge in [-0.2, -0.15) is 0 Å². The third kappa shape index (κ3) is 4.86. The van der Waals surface area contributed by atoms with E-state index in [2.05, 4.69) is 12.2 Å². The standard InChI is InChI=1S/C18H18Cl2FNO2/c1-2-3-6-9-24-17-13(19)10-12(11-14(17)20)18(23)22-16-8-5-4-7-15(16)21/h4-5,7-8,10-11H,2-3,6,9H2,1H3,(H,22,23). The van der Waals surface area contributed by atoms with E-state index in [0.717, 1.165) is 19.3 Å². The lowest BCUT2D eigenvalue weighted by molar-refractivity contribution is 0.102. The molecule has 128 valence electrons. The maximum atomic E-state index is 13.6. The van der Waals surface area contributed by atoms with Crippen LogP contribution in [0.4, 0.5) is 10.1 Å². The predicted octanol–water partition coefficient (Wildman–Crippen LogP) is 5.95. The highest BCUT2D eigenvalue weighted by Gasteiger charge is 2.15. The van der Waals surface area contributed by atoms with E-state index >= 15 is 0 Å². The molecule has 0 aromatic heterocycles. The molecule has 0 aliphatic rings. The molecule has 2 aromatic rings. The molecule has 0 fully saturated rings. The zero-order chi connectivity index (χ0) is 17.5. The third-order valence-electron chi connectivity index (χ3n) is 3.38. The molecule has 0 saturated carbocycles. The maximum absolute atomic E-state index is 13.6. The summed E-state index contributed by atoms with van der Waals surface area (Å²) in [6.45, 7) is 2.61. The van der Waals surface area contributed by atoms with Gasteiger partial charge in [-0.05, 0) is 30.7 Å². The maximum Gasteiger partial charge on any atom is 0.255 e. The Labute approximate surface area is 150 Å². The van der Waals surface area contributed by atoms with E-state index in [-0.39, 0.29) is 21.3 Å². The molecule has 1 N–H and O–H groups in total. The second kappa shape index (κ2) is 8.90. The topological polar surface area (TPSA) is 38.3 Å². The zero-order valence-corrected chi connectivity index (χ0v) is 14.8. The molecule has 0 aliphatic carbocycles. The van der Waals surface area contributed by atoms with Crippen LogP contribution in [-0.4, -0.2) is 12.5 Å². The molecular formula is C18H18Cl2FNO2. The first-order chi connectivity index (χ1) is 11.5. The monoisotopic (exact) mass is 369 g/mol. The highest BCUT2D eigenvalue weighted by molar-refractivity contribution is 6.37. The van der Waals surface area contributed by atoms with Crippen molar-refractivity contribution in [2.45, 2.75) is 26.2 Å². The van der Waals surface area contributed by atoms with Gasteiger partial charge in [0.2, 0.25) is 0 Å². The molecule has 0 bridgehead atoms. The third-order valence-corrected chi connectivity index (χ3v) is 3.94. The van der Waals surface area contributed by atoms with E-state index in [0.29, 0.717) is 12.4 Å². The van der Waals surface area contributed by atoms with Crippen molar-refractivity contribution >= 4 is 34.8 Å². The molecule has 3 nitrogen and oxygen atoms in total. The average molecular weight is 370 g/mol. The number of halogens is 3. The fourth-order valence-corrected chi connectivity index (χ4v) is 2.71. The van der Waals surface area contributed by atoms with Crippen LogP contribution in [-0.2, 0) is 0 Å². The van der Waals surface area contributed by atoms with Crippen molar-refractivity contribution in [1.29, 1.82) is 0 Å². The molecule has 0 radical (unpaired) electrons. The van der Waals surface area contributed by atoms with Gasteiger partial charge < -0.3 is 10.1 Å². The lowest BCUT2D eigenvalue weighted by atomic mass is 10.2. The SMILES string of the molecule is CCCCCOc1c(Cl)cc(C(=O)Nc2ccccc2F)cc1Cl. The number of ether oxygens (including phenoxy) is 1. The molecule has 0 saturated heterocycles. The zero-order valence-electron chi connectivity index (χ0n) is 13.2. The van der Waals surface area contributed by atoms with Crippen molar-refractivity contribution in [1.82, 2.24) is 0 Å². The van der Waals surface area contributed by atoms with Crippen molar-refractivity contribution in [3.05, 3.63) is 57.8 Å². The van der Waals surface area contributed by atoms with E-state index in [1.54, 1.807) is 12.1 Å². The van der Waals surface area contributed by atoms with Crippen molar-refractivity contribution in [3.63, 3.8) is 0 Å². The number of carbonyl (C=O) groups is 1. The first kappa shape index (κ1) is 18.6. The summed E-state index contributed by atoms with van der Waals surface area (Å²) in [6, 6.07) is 8.83. The van der Waals surface area contributed by atoms with Gasteiger partial charge in [-0.15, -0.1) is 0 Å². The minimum absolute atomic E-state index is 0.0923. The van der Waals surface area contributed by atoms with Crippen molar-refractivity contribution in [2.75, 3.05) is 11.9 Å². The number of unbranched alkanes of at least 4 members (excludes halogenated alkanes) is 2. The van der Waals surface area contributed by atoms with Gasteiger partial charge in [-0.1, -0.05) is 55.1 Å².